The van der Waals surface area contributed by atoms with E-state index < -0.39 is 0 Å². The average Bonchev–Trinajstić information content (AvgIpc) is 2.81. The molecule has 0 spiro atoms. The molecular formula is C15H13ClFN. The summed E-state index contributed by atoms with van der Waals surface area (Å²) in [5.41, 5.74) is 4.02. The molecule has 92 valence electrons. The van der Waals surface area contributed by atoms with Gasteiger partial charge < -0.3 is 4.90 Å². The van der Waals surface area contributed by atoms with E-state index in [0.29, 0.717) is 11.6 Å². The average molecular weight is 262 g/mol. The number of hydrogen-bond donors (Lipinski definition) is 0. The minimum Gasteiger partial charge on any atom is -0.360 e. The lowest BCUT2D eigenvalue weighted by Gasteiger charge is -2.21. The standard InChI is InChI=1S/C15H13ClFN/c16-8-11-6-3-7-14(17)15(11)18-9-12-4-1-2-5-13(12)10-18/h1-7H,8-10H2. The number of para-hydroxylation sites is 1. The third-order valence-electron chi connectivity index (χ3n) is 3.37. The fourth-order valence-corrected chi connectivity index (χ4v) is 2.73. The monoisotopic (exact) mass is 261 g/mol. The van der Waals surface area contributed by atoms with Crippen LogP contribution in [0.1, 0.15) is 16.7 Å². The van der Waals surface area contributed by atoms with Crippen molar-refractivity contribution >= 4 is 17.3 Å². The molecule has 0 aromatic heterocycles. The molecule has 1 aliphatic heterocycles. The first-order valence-electron chi connectivity index (χ1n) is 5.94. The fraction of sp³-hybridized carbons (Fsp3) is 0.200. The van der Waals surface area contributed by atoms with Gasteiger partial charge >= 0.3 is 0 Å². The fourth-order valence-electron chi connectivity index (χ4n) is 2.51. The highest BCUT2D eigenvalue weighted by Gasteiger charge is 2.22. The van der Waals surface area contributed by atoms with E-state index in [1.54, 1.807) is 6.07 Å². The molecule has 2 aromatic rings. The van der Waals surface area contributed by atoms with Gasteiger partial charge in [0.25, 0.3) is 0 Å². The summed E-state index contributed by atoms with van der Waals surface area (Å²) in [7, 11) is 0. The van der Waals surface area contributed by atoms with Gasteiger partial charge in [-0.1, -0.05) is 36.4 Å². The molecule has 18 heavy (non-hydrogen) atoms. The lowest BCUT2D eigenvalue weighted by Crippen LogP contribution is -2.17. The number of rotatable bonds is 2. The Bertz CT molecular complexity index is 557. The molecular weight excluding hydrogens is 249 g/mol. The molecule has 3 rings (SSSR count). The van der Waals surface area contributed by atoms with E-state index in [1.807, 2.05) is 18.2 Å². The second kappa shape index (κ2) is 4.62. The highest BCUT2D eigenvalue weighted by atomic mass is 35.5. The number of fused-ring (bicyclic) bond motifs is 1. The van der Waals surface area contributed by atoms with Crippen molar-refractivity contribution < 1.29 is 4.39 Å². The number of anilines is 1. The van der Waals surface area contributed by atoms with Gasteiger partial charge in [0.05, 0.1) is 5.69 Å². The van der Waals surface area contributed by atoms with Crippen LogP contribution in [0, 0.1) is 5.82 Å². The number of halogens is 2. The first-order chi connectivity index (χ1) is 8.79. The van der Waals surface area contributed by atoms with E-state index in [1.165, 1.54) is 17.2 Å². The third-order valence-corrected chi connectivity index (χ3v) is 3.66. The summed E-state index contributed by atoms with van der Waals surface area (Å²) >= 11 is 5.90. The number of hydrogen-bond acceptors (Lipinski definition) is 1. The predicted molar refractivity (Wildman–Crippen MR) is 72.3 cm³/mol. The number of nitrogens with zero attached hydrogens (tertiary/aromatic N) is 1. The third kappa shape index (κ3) is 1.87. The van der Waals surface area contributed by atoms with Crippen LogP contribution in [0.25, 0.3) is 0 Å². The van der Waals surface area contributed by atoms with Gasteiger partial charge in [-0.2, -0.15) is 0 Å². The van der Waals surface area contributed by atoms with E-state index in [0.717, 1.165) is 18.7 Å². The maximum atomic E-state index is 14.0. The maximum Gasteiger partial charge on any atom is 0.146 e. The second-order valence-electron chi connectivity index (χ2n) is 4.51. The van der Waals surface area contributed by atoms with Crippen molar-refractivity contribution in [1.29, 1.82) is 0 Å². The molecule has 2 aromatic carbocycles. The van der Waals surface area contributed by atoms with E-state index in [4.69, 9.17) is 11.6 Å². The summed E-state index contributed by atoms with van der Waals surface area (Å²) in [4.78, 5) is 2.05. The zero-order valence-electron chi connectivity index (χ0n) is 9.87. The molecule has 0 unspecified atom stereocenters. The molecule has 0 atom stereocenters. The van der Waals surface area contributed by atoms with Crippen molar-refractivity contribution in [3.05, 3.63) is 65.0 Å². The molecule has 1 heterocycles. The molecule has 0 fully saturated rings. The Kier molecular flexibility index (Phi) is 2.96. The summed E-state index contributed by atoms with van der Waals surface area (Å²) in [5.74, 6) is 0.140. The van der Waals surface area contributed by atoms with Crippen LogP contribution >= 0.6 is 11.6 Å². The molecule has 1 aliphatic rings. The molecule has 3 heteroatoms. The van der Waals surface area contributed by atoms with E-state index >= 15 is 0 Å². The maximum absolute atomic E-state index is 14.0. The van der Waals surface area contributed by atoms with Crippen LogP contribution in [-0.2, 0) is 19.0 Å². The van der Waals surface area contributed by atoms with Gasteiger partial charge in [-0.05, 0) is 22.8 Å². The Morgan fingerprint density at radius 3 is 2.28 bits per heavy atom. The lowest BCUT2D eigenvalue weighted by molar-refractivity contribution is 0.618. The Hall–Kier alpha value is -1.54. The molecule has 0 radical (unpaired) electrons. The molecule has 0 N–H and O–H groups in total. The summed E-state index contributed by atoms with van der Waals surface area (Å²) in [6, 6.07) is 13.3. The Labute approximate surface area is 111 Å². The second-order valence-corrected chi connectivity index (χ2v) is 4.77. The normalized spacial score (nSPS) is 13.8. The van der Waals surface area contributed by atoms with Crippen molar-refractivity contribution in [2.45, 2.75) is 19.0 Å². The van der Waals surface area contributed by atoms with Crippen molar-refractivity contribution in [2.75, 3.05) is 4.90 Å². The van der Waals surface area contributed by atoms with Gasteiger partial charge in [-0.3, -0.25) is 0 Å². The van der Waals surface area contributed by atoms with Crippen LogP contribution in [0.3, 0.4) is 0 Å². The minimum atomic E-state index is -0.194. The van der Waals surface area contributed by atoms with Crippen molar-refractivity contribution in [2.24, 2.45) is 0 Å². The van der Waals surface area contributed by atoms with Gasteiger partial charge in [0.15, 0.2) is 0 Å². The van der Waals surface area contributed by atoms with Crippen LogP contribution in [-0.4, -0.2) is 0 Å². The summed E-state index contributed by atoms with van der Waals surface area (Å²) < 4.78 is 14.0. The van der Waals surface area contributed by atoms with Gasteiger partial charge in [-0.15, -0.1) is 11.6 Å². The van der Waals surface area contributed by atoms with Crippen LogP contribution in [0.5, 0.6) is 0 Å². The number of benzene rings is 2. The first kappa shape index (κ1) is 11.5. The first-order valence-corrected chi connectivity index (χ1v) is 6.48. The van der Waals surface area contributed by atoms with E-state index in [-0.39, 0.29) is 5.82 Å². The molecule has 0 saturated heterocycles. The van der Waals surface area contributed by atoms with E-state index in [9.17, 15) is 4.39 Å². The number of alkyl halides is 1. The van der Waals surface area contributed by atoms with Crippen LogP contribution in [0.2, 0.25) is 0 Å². The van der Waals surface area contributed by atoms with Crippen LogP contribution in [0.4, 0.5) is 10.1 Å². The molecule has 0 aliphatic carbocycles. The van der Waals surface area contributed by atoms with Crippen molar-refractivity contribution in [3.63, 3.8) is 0 Å². The van der Waals surface area contributed by atoms with E-state index in [2.05, 4.69) is 17.0 Å². The summed E-state index contributed by atoms with van der Waals surface area (Å²) in [5, 5.41) is 0. The topological polar surface area (TPSA) is 3.24 Å². The quantitative estimate of drug-likeness (QED) is 0.736. The molecule has 0 bridgehead atoms. The zero-order valence-corrected chi connectivity index (χ0v) is 10.6. The Balaban J connectivity index is 2.00. The Morgan fingerprint density at radius 2 is 1.67 bits per heavy atom. The predicted octanol–water partition coefficient (Wildman–Crippen LogP) is 4.08. The van der Waals surface area contributed by atoms with Crippen molar-refractivity contribution in [3.8, 4) is 0 Å². The zero-order chi connectivity index (χ0) is 12.5. The van der Waals surface area contributed by atoms with Gasteiger partial charge in [-0.25, -0.2) is 4.39 Å². The highest BCUT2D eigenvalue weighted by Crippen LogP contribution is 2.33. The van der Waals surface area contributed by atoms with Crippen LogP contribution in [0.15, 0.2) is 42.5 Å². The van der Waals surface area contributed by atoms with Crippen LogP contribution < -0.4 is 4.90 Å². The molecule has 1 nitrogen and oxygen atoms in total. The van der Waals surface area contributed by atoms with Gasteiger partial charge in [0, 0.05) is 19.0 Å². The smallest absolute Gasteiger partial charge is 0.146 e. The highest BCUT2D eigenvalue weighted by molar-refractivity contribution is 6.17. The SMILES string of the molecule is Fc1cccc(CCl)c1N1Cc2ccccc2C1. The summed E-state index contributed by atoms with van der Waals surface area (Å²) in [6.45, 7) is 1.50. The minimum absolute atomic E-state index is 0.194. The van der Waals surface area contributed by atoms with Gasteiger partial charge in [0.2, 0.25) is 0 Å². The van der Waals surface area contributed by atoms with Crippen molar-refractivity contribution in [1.82, 2.24) is 0 Å². The molecule has 0 amide bonds. The lowest BCUT2D eigenvalue weighted by atomic mass is 10.1. The summed E-state index contributed by atoms with van der Waals surface area (Å²) in [6.07, 6.45) is 0. The molecule has 0 saturated carbocycles. The Morgan fingerprint density at radius 1 is 1.00 bits per heavy atom. The largest absolute Gasteiger partial charge is 0.360 e. The van der Waals surface area contributed by atoms with Gasteiger partial charge in [0.1, 0.15) is 5.82 Å².